The van der Waals surface area contributed by atoms with Crippen LogP contribution in [-0.4, -0.2) is 47.2 Å². The van der Waals surface area contributed by atoms with Gasteiger partial charge in [-0.05, 0) is 31.7 Å². The number of hydrogen-bond acceptors (Lipinski definition) is 5. The number of ether oxygens (including phenoxy) is 1. The molecular formula is C21H30N4O2. The minimum atomic E-state index is -0.0540. The van der Waals surface area contributed by atoms with E-state index in [0.717, 1.165) is 51.3 Å². The van der Waals surface area contributed by atoms with E-state index in [9.17, 15) is 4.79 Å². The molecule has 0 radical (unpaired) electrons. The first kappa shape index (κ1) is 17.4. The summed E-state index contributed by atoms with van der Waals surface area (Å²) in [5.74, 6) is 2.18. The van der Waals surface area contributed by atoms with Crippen LogP contribution in [0.3, 0.4) is 0 Å². The second-order valence-corrected chi connectivity index (χ2v) is 8.89. The molecular weight excluding hydrogens is 340 g/mol. The van der Waals surface area contributed by atoms with Crippen molar-refractivity contribution in [2.45, 2.75) is 63.1 Å². The maximum absolute atomic E-state index is 12.7. The van der Waals surface area contributed by atoms with E-state index in [0.29, 0.717) is 17.9 Å². The zero-order chi connectivity index (χ0) is 18.3. The highest BCUT2D eigenvalue weighted by Crippen LogP contribution is 2.54. The van der Waals surface area contributed by atoms with E-state index >= 15 is 0 Å². The summed E-state index contributed by atoms with van der Waals surface area (Å²) in [5.41, 5.74) is -0.0540. The second kappa shape index (κ2) is 7.04. The van der Waals surface area contributed by atoms with Gasteiger partial charge in [-0.3, -0.25) is 4.79 Å². The molecule has 6 nitrogen and oxygen atoms in total. The van der Waals surface area contributed by atoms with Crippen molar-refractivity contribution in [1.29, 1.82) is 0 Å². The van der Waals surface area contributed by atoms with E-state index in [1.54, 1.807) is 12.4 Å². The Balaban J connectivity index is 1.24. The van der Waals surface area contributed by atoms with Gasteiger partial charge in [0.2, 0.25) is 11.9 Å². The first-order valence-electron chi connectivity index (χ1n) is 10.7. The highest BCUT2D eigenvalue weighted by molar-refractivity contribution is 5.78. The van der Waals surface area contributed by atoms with Crippen molar-refractivity contribution in [2.75, 3.05) is 24.5 Å². The quantitative estimate of drug-likeness (QED) is 0.825. The molecule has 1 aromatic heterocycles. The molecule has 6 heteroatoms. The summed E-state index contributed by atoms with van der Waals surface area (Å²) in [5, 5.41) is 3.30. The van der Waals surface area contributed by atoms with Gasteiger partial charge >= 0.3 is 0 Å². The maximum Gasteiger partial charge on any atom is 0.225 e. The Kier molecular flexibility index (Phi) is 4.54. The topological polar surface area (TPSA) is 67.4 Å². The first-order valence-corrected chi connectivity index (χ1v) is 10.7. The Bertz CT molecular complexity index is 676. The highest BCUT2D eigenvalue weighted by atomic mass is 16.5. The van der Waals surface area contributed by atoms with E-state index in [2.05, 4.69) is 20.2 Å². The van der Waals surface area contributed by atoms with E-state index in [-0.39, 0.29) is 17.4 Å². The molecule has 5 rings (SSSR count). The van der Waals surface area contributed by atoms with Gasteiger partial charge in [0, 0.05) is 43.2 Å². The molecule has 4 fully saturated rings. The predicted octanol–water partition coefficient (Wildman–Crippen LogP) is 2.55. The van der Waals surface area contributed by atoms with Gasteiger partial charge in [-0.1, -0.05) is 25.7 Å². The lowest BCUT2D eigenvalue weighted by atomic mass is 9.73. The average Bonchev–Trinajstić information content (AvgIpc) is 3.28. The Morgan fingerprint density at radius 1 is 1.19 bits per heavy atom. The van der Waals surface area contributed by atoms with Gasteiger partial charge < -0.3 is 15.0 Å². The van der Waals surface area contributed by atoms with Gasteiger partial charge in [0.05, 0.1) is 18.2 Å². The number of aromatic nitrogens is 2. The lowest BCUT2D eigenvalue weighted by molar-refractivity contribution is -0.125. The zero-order valence-corrected chi connectivity index (χ0v) is 16.0. The van der Waals surface area contributed by atoms with E-state index in [1.165, 1.54) is 25.7 Å². The van der Waals surface area contributed by atoms with Crippen LogP contribution >= 0.6 is 0 Å². The fourth-order valence-electron chi connectivity index (χ4n) is 5.97. The average molecular weight is 370 g/mol. The number of hydrogen-bond donors (Lipinski definition) is 1. The third-order valence-electron chi connectivity index (χ3n) is 7.36. The number of carbonyl (C=O) groups excluding carboxylic acids is 1. The third-order valence-corrected chi connectivity index (χ3v) is 7.36. The Morgan fingerprint density at radius 3 is 2.74 bits per heavy atom. The Morgan fingerprint density at radius 2 is 1.96 bits per heavy atom. The normalized spacial score (nSPS) is 35.9. The Labute approximate surface area is 161 Å². The van der Waals surface area contributed by atoms with E-state index < -0.39 is 0 Å². The number of anilines is 1. The second-order valence-electron chi connectivity index (χ2n) is 8.89. The van der Waals surface area contributed by atoms with Crippen molar-refractivity contribution >= 4 is 11.9 Å². The molecule has 4 heterocycles. The number of carbonyl (C=O) groups is 1. The maximum atomic E-state index is 12.7. The van der Waals surface area contributed by atoms with Crippen LogP contribution in [0.5, 0.6) is 0 Å². The summed E-state index contributed by atoms with van der Waals surface area (Å²) < 4.78 is 6.50. The van der Waals surface area contributed by atoms with Crippen LogP contribution in [0.1, 0.15) is 51.4 Å². The smallest absolute Gasteiger partial charge is 0.225 e. The fraction of sp³-hybridized carbons (Fsp3) is 0.762. The van der Waals surface area contributed by atoms with E-state index in [4.69, 9.17) is 4.74 Å². The number of rotatable bonds is 4. The molecule has 3 aliphatic heterocycles. The lowest BCUT2D eigenvalue weighted by Crippen LogP contribution is -2.43. The molecule has 146 valence electrons. The highest BCUT2D eigenvalue weighted by Gasteiger charge is 2.63. The van der Waals surface area contributed by atoms with Gasteiger partial charge in [-0.25, -0.2) is 9.97 Å². The summed E-state index contributed by atoms with van der Waals surface area (Å²) in [6.45, 7) is 2.58. The van der Waals surface area contributed by atoms with Crippen LogP contribution in [0.25, 0.3) is 0 Å². The van der Waals surface area contributed by atoms with Crippen molar-refractivity contribution < 1.29 is 9.53 Å². The minimum absolute atomic E-state index is 0.0540. The molecule has 1 aliphatic carbocycles. The van der Waals surface area contributed by atoms with Gasteiger partial charge in [0.25, 0.3) is 0 Å². The van der Waals surface area contributed by atoms with Crippen LogP contribution in [-0.2, 0) is 9.53 Å². The van der Waals surface area contributed by atoms with Crippen LogP contribution in [0.15, 0.2) is 18.5 Å². The summed E-state index contributed by atoms with van der Waals surface area (Å²) in [4.78, 5) is 23.8. The lowest BCUT2D eigenvalue weighted by Gasteiger charge is -2.29. The van der Waals surface area contributed by atoms with Crippen molar-refractivity contribution in [2.24, 2.45) is 17.8 Å². The van der Waals surface area contributed by atoms with Crippen molar-refractivity contribution in [3.63, 3.8) is 0 Å². The predicted molar refractivity (Wildman–Crippen MR) is 102 cm³/mol. The molecule has 1 amide bonds. The fourth-order valence-corrected chi connectivity index (χ4v) is 5.97. The largest absolute Gasteiger partial charge is 0.369 e. The van der Waals surface area contributed by atoms with Crippen LogP contribution in [0.4, 0.5) is 5.95 Å². The van der Waals surface area contributed by atoms with Crippen molar-refractivity contribution in [1.82, 2.24) is 15.3 Å². The van der Waals surface area contributed by atoms with Gasteiger partial charge in [0.1, 0.15) is 0 Å². The summed E-state index contributed by atoms with van der Waals surface area (Å²) in [6, 6.07) is 1.85. The molecule has 0 aromatic carbocycles. The van der Waals surface area contributed by atoms with E-state index in [1.807, 2.05) is 6.07 Å². The van der Waals surface area contributed by atoms with Crippen LogP contribution < -0.4 is 10.2 Å². The number of nitrogens with one attached hydrogen (secondary N) is 1. The number of nitrogens with zero attached hydrogens (tertiary/aromatic N) is 3. The molecule has 3 saturated heterocycles. The SMILES string of the molecule is O=C(NC[C@H]1[C@H]2CN(c3ncccn3)C[C@]23CC[C@H]1O3)C1CCCCCC1. The van der Waals surface area contributed by atoms with Gasteiger partial charge in [-0.2, -0.15) is 0 Å². The summed E-state index contributed by atoms with van der Waals surface area (Å²) in [7, 11) is 0. The third kappa shape index (κ3) is 3.12. The molecule has 4 aliphatic rings. The molecule has 4 atom stereocenters. The molecule has 27 heavy (non-hydrogen) atoms. The van der Waals surface area contributed by atoms with Crippen LogP contribution in [0, 0.1) is 17.8 Å². The summed E-state index contributed by atoms with van der Waals surface area (Å²) in [6.07, 6.45) is 13.2. The molecule has 1 aromatic rings. The number of amides is 1. The van der Waals surface area contributed by atoms with Gasteiger partial charge in [0.15, 0.2) is 0 Å². The molecule has 2 bridgehead atoms. The summed E-state index contributed by atoms with van der Waals surface area (Å²) >= 11 is 0. The van der Waals surface area contributed by atoms with Crippen molar-refractivity contribution in [3.8, 4) is 0 Å². The number of fused-ring (bicyclic) bond motifs is 1. The molecule has 1 spiro atoms. The van der Waals surface area contributed by atoms with Crippen molar-refractivity contribution in [3.05, 3.63) is 18.5 Å². The molecule has 1 saturated carbocycles. The monoisotopic (exact) mass is 370 g/mol. The van der Waals surface area contributed by atoms with Crippen LogP contribution in [0.2, 0.25) is 0 Å². The standard InChI is InChI=1S/C21H30N4O2/c26-19(15-6-3-1-2-4-7-15)24-12-16-17-13-25(20-22-10-5-11-23-20)14-21(17)9-8-18(16)27-21/h5,10-11,15-18H,1-4,6-9,12-14H2,(H,24,26)/t16-,17+,18+,21+/m0/s1. The molecule has 1 N–H and O–H groups in total. The zero-order valence-electron chi connectivity index (χ0n) is 16.0. The van der Waals surface area contributed by atoms with Gasteiger partial charge in [-0.15, -0.1) is 0 Å². The Hall–Kier alpha value is -1.69. The minimum Gasteiger partial charge on any atom is -0.369 e. The first-order chi connectivity index (χ1) is 13.3. The molecule has 0 unspecified atom stereocenters.